The van der Waals surface area contributed by atoms with E-state index in [4.69, 9.17) is 0 Å². The third-order valence-electron chi connectivity index (χ3n) is 4.12. The SMILES string of the molecule is CCNc1ccc(C(C)(C)c2ccc(NC(C)=O)c(O)c2)cc1O. The van der Waals surface area contributed by atoms with Crippen LogP contribution in [0.1, 0.15) is 38.8 Å². The molecule has 2 aromatic rings. The van der Waals surface area contributed by atoms with E-state index in [-0.39, 0.29) is 17.4 Å². The van der Waals surface area contributed by atoms with Gasteiger partial charge in [0.25, 0.3) is 0 Å². The van der Waals surface area contributed by atoms with E-state index in [1.54, 1.807) is 18.2 Å². The number of hydrogen-bond acceptors (Lipinski definition) is 4. The van der Waals surface area contributed by atoms with Gasteiger partial charge in [-0.05, 0) is 42.3 Å². The van der Waals surface area contributed by atoms with Gasteiger partial charge in [0, 0.05) is 18.9 Å². The van der Waals surface area contributed by atoms with Crippen molar-refractivity contribution in [3.63, 3.8) is 0 Å². The number of phenolic OH excluding ortho intramolecular Hbond substituents is 2. The fraction of sp³-hybridized carbons (Fsp3) is 0.316. The second kappa shape index (κ2) is 6.83. The van der Waals surface area contributed by atoms with E-state index < -0.39 is 5.41 Å². The fourth-order valence-electron chi connectivity index (χ4n) is 2.64. The number of phenols is 2. The second-order valence-electron chi connectivity index (χ2n) is 6.30. The molecule has 1 amide bonds. The molecule has 0 aliphatic carbocycles. The van der Waals surface area contributed by atoms with Gasteiger partial charge in [0.1, 0.15) is 11.5 Å². The van der Waals surface area contributed by atoms with Crippen LogP contribution in [-0.4, -0.2) is 22.7 Å². The highest BCUT2D eigenvalue weighted by molar-refractivity contribution is 5.90. The minimum Gasteiger partial charge on any atom is -0.506 e. The number of amides is 1. The zero-order valence-electron chi connectivity index (χ0n) is 14.5. The van der Waals surface area contributed by atoms with E-state index in [1.165, 1.54) is 6.92 Å². The summed E-state index contributed by atoms with van der Waals surface area (Å²) < 4.78 is 0. The van der Waals surface area contributed by atoms with Gasteiger partial charge < -0.3 is 20.8 Å². The average molecular weight is 328 g/mol. The molecule has 5 nitrogen and oxygen atoms in total. The molecular weight excluding hydrogens is 304 g/mol. The van der Waals surface area contributed by atoms with Gasteiger partial charge in [-0.1, -0.05) is 26.0 Å². The highest BCUT2D eigenvalue weighted by atomic mass is 16.3. The molecule has 5 heteroatoms. The summed E-state index contributed by atoms with van der Waals surface area (Å²) in [6.07, 6.45) is 0. The van der Waals surface area contributed by atoms with Gasteiger partial charge in [-0.3, -0.25) is 4.79 Å². The highest BCUT2D eigenvalue weighted by Gasteiger charge is 2.25. The molecule has 0 saturated heterocycles. The summed E-state index contributed by atoms with van der Waals surface area (Å²) in [6.45, 7) is 8.13. The van der Waals surface area contributed by atoms with Crippen LogP contribution in [0.2, 0.25) is 0 Å². The first-order valence-corrected chi connectivity index (χ1v) is 7.94. The lowest BCUT2D eigenvalue weighted by atomic mass is 9.78. The summed E-state index contributed by atoms with van der Waals surface area (Å²) in [4.78, 5) is 11.1. The molecule has 128 valence electrons. The van der Waals surface area contributed by atoms with Crippen molar-refractivity contribution in [1.82, 2.24) is 0 Å². The Bertz CT molecular complexity index is 754. The summed E-state index contributed by atoms with van der Waals surface area (Å²) >= 11 is 0. The summed E-state index contributed by atoms with van der Waals surface area (Å²) in [7, 11) is 0. The maximum atomic E-state index is 11.1. The lowest BCUT2D eigenvalue weighted by molar-refractivity contribution is -0.114. The molecule has 0 atom stereocenters. The van der Waals surface area contributed by atoms with Crippen molar-refractivity contribution in [2.45, 2.75) is 33.1 Å². The van der Waals surface area contributed by atoms with Crippen LogP contribution in [-0.2, 0) is 10.2 Å². The number of benzene rings is 2. The van der Waals surface area contributed by atoms with E-state index in [2.05, 4.69) is 10.6 Å². The molecule has 24 heavy (non-hydrogen) atoms. The molecule has 4 N–H and O–H groups in total. The lowest BCUT2D eigenvalue weighted by Crippen LogP contribution is -2.19. The van der Waals surface area contributed by atoms with Crippen molar-refractivity contribution in [2.24, 2.45) is 0 Å². The summed E-state index contributed by atoms with van der Waals surface area (Å²) in [5.41, 5.74) is 2.46. The normalized spacial score (nSPS) is 11.2. The van der Waals surface area contributed by atoms with E-state index in [0.29, 0.717) is 11.4 Å². The lowest BCUT2D eigenvalue weighted by Gasteiger charge is -2.27. The highest BCUT2D eigenvalue weighted by Crippen LogP contribution is 2.38. The third kappa shape index (κ3) is 3.62. The second-order valence-corrected chi connectivity index (χ2v) is 6.30. The number of aromatic hydroxyl groups is 2. The van der Waals surface area contributed by atoms with Gasteiger partial charge in [0.05, 0.1) is 11.4 Å². The van der Waals surface area contributed by atoms with Crippen molar-refractivity contribution in [2.75, 3.05) is 17.2 Å². The molecule has 0 fully saturated rings. The summed E-state index contributed by atoms with van der Waals surface area (Å²) in [5.74, 6) is -0.0213. The van der Waals surface area contributed by atoms with Crippen LogP contribution >= 0.6 is 0 Å². The van der Waals surface area contributed by atoms with Crippen LogP contribution in [0.3, 0.4) is 0 Å². The Morgan fingerprint density at radius 1 is 1.00 bits per heavy atom. The van der Waals surface area contributed by atoms with E-state index >= 15 is 0 Å². The van der Waals surface area contributed by atoms with E-state index in [9.17, 15) is 15.0 Å². The predicted molar refractivity (Wildman–Crippen MR) is 96.8 cm³/mol. The van der Waals surface area contributed by atoms with Gasteiger partial charge in [0.2, 0.25) is 5.91 Å². The number of nitrogens with one attached hydrogen (secondary N) is 2. The Hall–Kier alpha value is -2.69. The maximum absolute atomic E-state index is 11.1. The van der Waals surface area contributed by atoms with Gasteiger partial charge in [0.15, 0.2) is 0 Å². The first-order valence-electron chi connectivity index (χ1n) is 7.94. The minimum absolute atomic E-state index is 0.0178. The fourth-order valence-corrected chi connectivity index (χ4v) is 2.64. The molecule has 0 aromatic heterocycles. The monoisotopic (exact) mass is 328 g/mol. The maximum Gasteiger partial charge on any atom is 0.221 e. The molecule has 0 bridgehead atoms. The Balaban J connectivity index is 2.37. The summed E-state index contributed by atoms with van der Waals surface area (Å²) in [6, 6.07) is 10.7. The molecule has 2 aromatic carbocycles. The Morgan fingerprint density at radius 2 is 1.50 bits per heavy atom. The molecule has 0 aliphatic heterocycles. The van der Waals surface area contributed by atoms with Gasteiger partial charge in [-0.15, -0.1) is 0 Å². The number of carbonyl (C=O) groups is 1. The Kier molecular flexibility index (Phi) is 5.02. The van der Waals surface area contributed by atoms with E-state index in [0.717, 1.165) is 17.7 Å². The van der Waals surface area contributed by atoms with Crippen molar-refractivity contribution in [3.05, 3.63) is 47.5 Å². The largest absolute Gasteiger partial charge is 0.506 e. The molecule has 0 heterocycles. The molecule has 0 spiro atoms. The molecule has 0 aliphatic rings. The number of carbonyl (C=O) groups excluding carboxylic acids is 1. The third-order valence-corrected chi connectivity index (χ3v) is 4.12. The quantitative estimate of drug-likeness (QED) is 0.629. The van der Waals surface area contributed by atoms with Crippen LogP contribution < -0.4 is 10.6 Å². The molecule has 0 unspecified atom stereocenters. The zero-order chi connectivity index (χ0) is 17.9. The van der Waals surface area contributed by atoms with Crippen LogP contribution in [0, 0.1) is 0 Å². The van der Waals surface area contributed by atoms with Crippen LogP contribution in [0.15, 0.2) is 36.4 Å². The van der Waals surface area contributed by atoms with Crippen LogP contribution in [0.4, 0.5) is 11.4 Å². The van der Waals surface area contributed by atoms with Gasteiger partial charge in [-0.2, -0.15) is 0 Å². The Labute approximate surface area is 142 Å². The molecule has 2 rings (SSSR count). The number of rotatable bonds is 5. The standard InChI is InChI=1S/C19H24N2O3/c1-5-20-15-8-6-13(10-17(15)23)19(3,4)14-7-9-16(18(24)11-14)21-12(2)22/h6-11,20,23-24H,5H2,1-4H3,(H,21,22). The van der Waals surface area contributed by atoms with E-state index in [1.807, 2.05) is 39.0 Å². The molecule has 0 radical (unpaired) electrons. The number of anilines is 2. The Morgan fingerprint density at radius 3 is 1.92 bits per heavy atom. The number of hydrogen-bond donors (Lipinski definition) is 4. The van der Waals surface area contributed by atoms with Crippen LogP contribution in [0.5, 0.6) is 11.5 Å². The first-order chi connectivity index (χ1) is 11.3. The predicted octanol–water partition coefficient (Wildman–Crippen LogP) is 3.81. The van der Waals surface area contributed by atoms with Gasteiger partial charge in [-0.25, -0.2) is 0 Å². The smallest absolute Gasteiger partial charge is 0.221 e. The first kappa shape index (κ1) is 17.7. The van der Waals surface area contributed by atoms with Crippen molar-refractivity contribution in [1.29, 1.82) is 0 Å². The summed E-state index contributed by atoms with van der Waals surface area (Å²) in [5, 5.41) is 26.0. The molecule has 0 saturated carbocycles. The van der Waals surface area contributed by atoms with Crippen molar-refractivity contribution < 1.29 is 15.0 Å². The van der Waals surface area contributed by atoms with Crippen molar-refractivity contribution >= 4 is 17.3 Å². The van der Waals surface area contributed by atoms with Crippen molar-refractivity contribution in [3.8, 4) is 11.5 Å². The minimum atomic E-state index is -0.422. The van der Waals surface area contributed by atoms with Crippen LogP contribution in [0.25, 0.3) is 0 Å². The zero-order valence-corrected chi connectivity index (χ0v) is 14.5. The van der Waals surface area contributed by atoms with Gasteiger partial charge >= 0.3 is 0 Å². The molecular formula is C19H24N2O3. The average Bonchev–Trinajstić information content (AvgIpc) is 2.51. The topological polar surface area (TPSA) is 81.6 Å².